The summed E-state index contributed by atoms with van der Waals surface area (Å²) < 4.78 is 0. The van der Waals surface area contributed by atoms with Crippen LogP contribution in [-0.2, 0) is 9.59 Å². The van der Waals surface area contributed by atoms with Crippen molar-refractivity contribution in [2.75, 3.05) is 5.08 Å². The number of hydrogen-bond acceptors (Lipinski definition) is 4. The van der Waals surface area contributed by atoms with Crippen molar-refractivity contribution in [3.8, 4) is 0 Å². The molecule has 0 atom stereocenters. The first-order chi connectivity index (χ1) is 6.68. The van der Waals surface area contributed by atoms with Crippen molar-refractivity contribution < 1.29 is 9.59 Å². The van der Waals surface area contributed by atoms with Gasteiger partial charge in [-0.1, -0.05) is 0 Å². The molecule has 2 aliphatic rings. The second-order valence-corrected chi connectivity index (χ2v) is 5.01. The van der Waals surface area contributed by atoms with Gasteiger partial charge in [0.05, 0.1) is 10.6 Å². The standard InChI is InChI=1S/C8H8N2O2S2/c1-4(11)9-6-7-5(10-8(6)12)2-13-3-14-7/h2H,3H2,1H3,(H,9,11)(H,10,12). The molecule has 0 aromatic heterocycles. The summed E-state index contributed by atoms with van der Waals surface area (Å²) in [5.41, 5.74) is 1.19. The molecule has 0 aromatic carbocycles. The molecule has 0 unspecified atom stereocenters. The van der Waals surface area contributed by atoms with Gasteiger partial charge in [-0.25, -0.2) is 0 Å². The minimum Gasteiger partial charge on any atom is -0.321 e. The van der Waals surface area contributed by atoms with Crippen LogP contribution in [-0.4, -0.2) is 16.9 Å². The third-order valence-electron chi connectivity index (χ3n) is 1.72. The number of carbonyl (C=O) groups excluding carboxylic acids is 2. The highest BCUT2D eigenvalue weighted by atomic mass is 32.2. The van der Waals surface area contributed by atoms with Gasteiger partial charge < -0.3 is 10.6 Å². The van der Waals surface area contributed by atoms with Gasteiger partial charge in [0.2, 0.25) is 5.91 Å². The average molecular weight is 228 g/mol. The van der Waals surface area contributed by atoms with Crippen molar-refractivity contribution in [2.24, 2.45) is 0 Å². The summed E-state index contributed by atoms with van der Waals surface area (Å²) in [6.07, 6.45) is 0. The molecule has 2 aliphatic heterocycles. The number of rotatable bonds is 1. The van der Waals surface area contributed by atoms with Crippen LogP contribution in [0.25, 0.3) is 0 Å². The predicted molar refractivity (Wildman–Crippen MR) is 57.1 cm³/mol. The van der Waals surface area contributed by atoms with Crippen molar-refractivity contribution in [3.05, 3.63) is 21.7 Å². The van der Waals surface area contributed by atoms with E-state index in [0.717, 1.165) is 15.7 Å². The maximum Gasteiger partial charge on any atom is 0.273 e. The van der Waals surface area contributed by atoms with Crippen LogP contribution in [0.1, 0.15) is 6.92 Å². The fourth-order valence-electron chi connectivity index (χ4n) is 1.21. The second kappa shape index (κ2) is 3.70. The Morgan fingerprint density at radius 2 is 2.43 bits per heavy atom. The summed E-state index contributed by atoms with van der Waals surface area (Å²) in [4.78, 5) is 23.1. The fraction of sp³-hybridized carbons (Fsp3) is 0.250. The molecule has 6 heteroatoms. The van der Waals surface area contributed by atoms with Crippen LogP contribution in [0.3, 0.4) is 0 Å². The SMILES string of the molecule is CC(=O)NC1=C2SCSC=C2NC1=O. The Hall–Kier alpha value is -0.880. The molecule has 2 heterocycles. The van der Waals surface area contributed by atoms with E-state index in [1.54, 1.807) is 23.5 Å². The van der Waals surface area contributed by atoms with Gasteiger partial charge in [-0.05, 0) is 5.41 Å². The molecule has 2 N–H and O–H groups in total. The lowest BCUT2D eigenvalue weighted by Gasteiger charge is -2.09. The Morgan fingerprint density at radius 3 is 3.14 bits per heavy atom. The molecule has 14 heavy (non-hydrogen) atoms. The highest BCUT2D eigenvalue weighted by molar-refractivity contribution is 8.19. The van der Waals surface area contributed by atoms with Gasteiger partial charge in [0, 0.05) is 12.0 Å². The van der Waals surface area contributed by atoms with Gasteiger partial charge in [-0.3, -0.25) is 9.59 Å². The summed E-state index contributed by atoms with van der Waals surface area (Å²) in [5.74, 6) is -0.445. The quantitative estimate of drug-likeness (QED) is 0.695. The smallest absolute Gasteiger partial charge is 0.273 e. The molecular weight excluding hydrogens is 220 g/mol. The van der Waals surface area contributed by atoms with E-state index < -0.39 is 0 Å². The van der Waals surface area contributed by atoms with E-state index in [2.05, 4.69) is 10.6 Å². The third-order valence-corrected chi connectivity index (χ3v) is 3.85. The van der Waals surface area contributed by atoms with Crippen LogP contribution in [0.4, 0.5) is 0 Å². The summed E-state index contributed by atoms with van der Waals surface area (Å²) >= 11 is 3.20. The Kier molecular flexibility index (Phi) is 2.56. The van der Waals surface area contributed by atoms with E-state index in [-0.39, 0.29) is 11.8 Å². The van der Waals surface area contributed by atoms with Crippen LogP contribution in [0.5, 0.6) is 0 Å². The number of fused-ring (bicyclic) bond motifs is 1. The zero-order chi connectivity index (χ0) is 10.1. The van der Waals surface area contributed by atoms with Crippen molar-refractivity contribution >= 4 is 35.3 Å². The van der Waals surface area contributed by atoms with Gasteiger partial charge >= 0.3 is 0 Å². The first-order valence-corrected chi connectivity index (χ1v) is 6.00. The molecule has 2 amide bonds. The zero-order valence-electron chi connectivity index (χ0n) is 7.42. The number of thioether (sulfide) groups is 2. The maximum absolute atomic E-state index is 11.4. The number of nitrogens with one attached hydrogen (secondary N) is 2. The second-order valence-electron chi connectivity index (χ2n) is 2.80. The molecule has 0 radical (unpaired) electrons. The van der Waals surface area contributed by atoms with Crippen molar-refractivity contribution in [3.63, 3.8) is 0 Å². The summed E-state index contributed by atoms with van der Waals surface area (Å²) in [6, 6.07) is 0. The Balaban J connectivity index is 2.34. The molecule has 0 saturated heterocycles. The number of hydrogen-bond donors (Lipinski definition) is 2. The normalized spacial score (nSPS) is 20.1. The van der Waals surface area contributed by atoms with Crippen LogP contribution < -0.4 is 10.6 Å². The molecule has 4 nitrogen and oxygen atoms in total. The zero-order valence-corrected chi connectivity index (χ0v) is 9.05. The highest BCUT2D eigenvalue weighted by Gasteiger charge is 2.29. The van der Waals surface area contributed by atoms with Gasteiger partial charge in [0.25, 0.3) is 5.91 Å². The largest absolute Gasteiger partial charge is 0.321 e. The lowest BCUT2D eigenvalue weighted by atomic mass is 10.4. The molecular formula is C8H8N2O2S2. The van der Waals surface area contributed by atoms with Crippen molar-refractivity contribution in [1.29, 1.82) is 0 Å². The molecule has 0 saturated carbocycles. The third kappa shape index (κ3) is 1.67. The lowest BCUT2D eigenvalue weighted by Crippen LogP contribution is -2.27. The lowest BCUT2D eigenvalue weighted by molar-refractivity contribution is -0.121. The molecule has 0 aromatic rings. The van der Waals surface area contributed by atoms with E-state index in [4.69, 9.17) is 0 Å². The number of carbonyl (C=O) groups is 2. The Bertz CT molecular complexity index is 374. The molecule has 2 rings (SSSR count). The summed E-state index contributed by atoms with van der Waals surface area (Å²) in [7, 11) is 0. The number of amides is 2. The predicted octanol–water partition coefficient (Wildman–Crippen LogP) is 0.743. The van der Waals surface area contributed by atoms with E-state index in [0.29, 0.717) is 5.70 Å². The van der Waals surface area contributed by atoms with Crippen LogP contribution in [0.15, 0.2) is 21.7 Å². The highest BCUT2D eigenvalue weighted by Crippen LogP contribution is 2.38. The minimum atomic E-state index is -0.226. The van der Waals surface area contributed by atoms with Crippen molar-refractivity contribution in [2.45, 2.75) is 6.92 Å². The molecule has 0 bridgehead atoms. The maximum atomic E-state index is 11.4. The first-order valence-electron chi connectivity index (χ1n) is 3.96. The van der Waals surface area contributed by atoms with Crippen LogP contribution >= 0.6 is 23.5 Å². The van der Waals surface area contributed by atoms with Gasteiger partial charge in [-0.15, -0.1) is 23.5 Å². The van der Waals surface area contributed by atoms with Crippen LogP contribution in [0.2, 0.25) is 0 Å². The van der Waals surface area contributed by atoms with Crippen LogP contribution in [0, 0.1) is 0 Å². The fourth-order valence-corrected chi connectivity index (χ4v) is 3.20. The monoisotopic (exact) mass is 228 g/mol. The molecule has 74 valence electrons. The average Bonchev–Trinajstić information content (AvgIpc) is 2.43. The Labute approximate surface area is 89.6 Å². The Morgan fingerprint density at radius 1 is 1.64 bits per heavy atom. The first kappa shape index (κ1) is 9.67. The van der Waals surface area contributed by atoms with Crippen molar-refractivity contribution in [1.82, 2.24) is 10.6 Å². The van der Waals surface area contributed by atoms with E-state index in [9.17, 15) is 9.59 Å². The molecule has 0 fully saturated rings. The summed E-state index contributed by atoms with van der Waals surface area (Å²) in [6.45, 7) is 1.39. The summed E-state index contributed by atoms with van der Waals surface area (Å²) in [5, 5.41) is 8.02. The molecule has 0 aliphatic carbocycles. The van der Waals surface area contributed by atoms with Gasteiger partial charge in [-0.2, -0.15) is 0 Å². The molecule has 0 spiro atoms. The van der Waals surface area contributed by atoms with E-state index in [1.165, 1.54) is 6.92 Å². The van der Waals surface area contributed by atoms with E-state index >= 15 is 0 Å². The van der Waals surface area contributed by atoms with E-state index in [1.807, 2.05) is 5.41 Å². The topological polar surface area (TPSA) is 58.2 Å². The minimum absolute atomic E-state index is 0.220. The van der Waals surface area contributed by atoms with Gasteiger partial charge in [0.15, 0.2) is 0 Å². The van der Waals surface area contributed by atoms with Gasteiger partial charge in [0.1, 0.15) is 5.70 Å².